The van der Waals surface area contributed by atoms with Crippen LogP contribution in [-0.4, -0.2) is 23.6 Å². The molecule has 0 amide bonds. The summed E-state index contributed by atoms with van der Waals surface area (Å²) in [4.78, 5) is 2.15. The monoisotopic (exact) mass is 323 g/mol. The van der Waals surface area contributed by atoms with Crippen LogP contribution in [0, 0.1) is 0 Å². The Balaban J connectivity index is 1.85. The molecule has 0 aliphatic rings. The molecule has 112 valence electrons. The van der Waals surface area contributed by atoms with E-state index in [1.807, 2.05) is 43.4 Å². The lowest BCUT2D eigenvalue weighted by atomic mass is 10.1. The molecule has 2 rings (SSSR count). The van der Waals surface area contributed by atoms with E-state index in [0.29, 0.717) is 11.4 Å². The quantitative estimate of drug-likeness (QED) is 0.843. The van der Waals surface area contributed by atoms with Gasteiger partial charge in [-0.3, -0.25) is 0 Å². The molecule has 1 N–H and O–H groups in total. The van der Waals surface area contributed by atoms with Crippen molar-refractivity contribution >= 4 is 23.2 Å². The molecule has 0 aliphatic carbocycles. The number of nitrogens with zero attached hydrogens (tertiary/aromatic N) is 1. The summed E-state index contributed by atoms with van der Waals surface area (Å²) in [6.07, 6.45) is 0.193. The maximum atomic E-state index is 10.2. The first-order valence-corrected chi connectivity index (χ1v) is 7.67. The molecule has 2 aromatic carbocycles. The van der Waals surface area contributed by atoms with Gasteiger partial charge >= 0.3 is 0 Å². The first-order chi connectivity index (χ1) is 10.1. The molecule has 0 radical (unpaired) electrons. The van der Waals surface area contributed by atoms with Crippen molar-refractivity contribution in [3.63, 3.8) is 0 Å². The van der Waals surface area contributed by atoms with Crippen LogP contribution in [0.25, 0.3) is 0 Å². The first-order valence-electron chi connectivity index (χ1n) is 6.92. The third-order valence-corrected chi connectivity index (χ3v) is 4.06. The molecule has 0 fully saturated rings. The molecule has 2 nitrogen and oxygen atoms in total. The van der Waals surface area contributed by atoms with E-state index in [1.165, 1.54) is 0 Å². The maximum Gasteiger partial charge on any atom is 0.0802 e. The summed E-state index contributed by atoms with van der Waals surface area (Å²) in [6.45, 7) is 1.56. The topological polar surface area (TPSA) is 23.5 Å². The molecule has 21 heavy (non-hydrogen) atoms. The predicted molar refractivity (Wildman–Crippen MR) is 88.8 cm³/mol. The van der Waals surface area contributed by atoms with Gasteiger partial charge in [0, 0.05) is 23.1 Å². The number of aliphatic hydroxyl groups is 1. The van der Waals surface area contributed by atoms with Crippen LogP contribution < -0.4 is 0 Å². The van der Waals surface area contributed by atoms with Crippen LogP contribution >= 0.6 is 23.2 Å². The molecule has 0 saturated carbocycles. The number of aliphatic hydroxyl groups excluding tert-OH is 1. The van der Waals surface area contributed by atoms with E-state index in [1.54, 1.807) is 12.1 Å². The molecule has 0 saturated heterocycles. The Morgan fingerprint density at radius 1 is 1.05 bits per heavy atom. The average molecular weight is 324 g/mol. The highest BCUT2D eigenvalue weighted by Crippen LogP contribution is 2.20. The fourth-order valence-electron chi connectivity index (χ4n) is 2.19. The second kappa shape index (κ2) is 7.81. The normalized spacial score (nSPS) is 12.6. The molecule has 0 aliphatic heterocycles. The van der Waals surface area contributed by atoms with Gasteiger partial charge in [-0.05, 0) is 42.8 Å². The second-order valence-corrected chi connectivity index (χ2v) is 6.03. The minimum absolute atomic E-state index is 0.476. The predicted octanol–water partition coefficient (Wildman–Crippen LogP) is 4.55. The zero-order valence-corrected chi connectivity index (χ0v) is 13.5. The molecule has 1 atom stereocenters. The summed E-state index contributed by atoms with van der Waals surface area (Å²) in [5, 5.41) is 11.6. The Hall–Kier alpha value is -1.06. The summed E-state index contributed by atoms with van der Waals surface area (Å²) in [6, 6.07) is 15.2. The van der Waals surface area contributed by atoms with E-state index in [9.17, 15) is 5.11 Å². The number of halogens is 2. The summed E-state index contributed by atoms with van der Waals surface area (Å²) in [5.74, 6) is 0. The van der Waals surface area contributed by atoms with E-state index in [4.69, 9.17) is 23.2 Å². The van der Waals surface area contributed by atoms with Crippen LogP contribution in [0.15, 0.2) is 48.5 Å². The van der Waals surface area contributed by atoms with Gasteiger partial charge in [-0.1, -0.05) is 53.5 Å². The molecule has 0 spiro atoms. The van der Waals surface area contributed by atoms with E-state index < -0.39 is 6.10 Å². The minimum atomic E-state index is -0.476. The fraction of sp³-hybridized carbons (Fsp3) is 0.294. The van der Waals surface area contributed by atoms with Crippen molar-refractivity contribution in [1.82, 2.24) is 4.90 Å². The molecule has 2 aromatic rings. The highest BCUT2D eigenvalue weighted by molar-refractivity contribution is 6.31. The highest BCUT2D eigenvalue weighted by Gasteiger charge is 2.10. The lowest BCUT2D eigenvalue weighted by Gasteiger charge is -2.19. The third-order valence-electron chi connectivity index (χ3n) is 3.44. The van der Waals surface area contributed by atoms with Gasteiger partial charge in [0.15, 0.2) is 0 Å². The molecule has 4 heteroatoms. The van der Waals surface area contributed by atoms with Gasteiger partial charge in [-0.25, -0.2) is 0 Å². The van der Waals surface area contributed by atoms with Crippen molar-refractivity contribution in [3.8, 4) is 0 Å². The molecule has 1 unspecified atom stereocenters. The smallest absolute Gasteiger partial charge is 0.0802 e. The van der Waals surface area contributed by atoms with E-state index >= 15 is 0 Å². The van der Waals surface area contributed by atoms with Gasteiger partial charge < -0.3 is 10.0 Å². The van der Waals surface area contributed by atoms with E-state index in [0.717, 1.165) is 29.2 Å². The van der Waals surface area contributed by atoms with Gasteiger partial charge in [-0.2, -0.15) is 0 Å². The first kappa shape index (κ1) is 16.3. The van der Waals surface area contributed by atoms with E-state index in [-0.39, 0.29) is 0 Å². The highest BCUT2D eigenvalue weighted by atomic mass is 35.5. The van der Waals surface area contributed by atoms with Crippen molar-refractivity contribution < 1.29 is 5.11 Å². The summed E-state index contributed by atoms with van der Waals surface area (Å²) in [7, 11) is 2.03. The SMILES string of the molecule is CN(CCC(O)c1ccc(Cl)cc1)Cc1ccccc1Cl. The zero-order chi connectivity index (χ0) is 15.2. The number of rotatable bonds is 6. The van der Waals surface area contributed by atoms with Gasteiger partial charge in [-0.15, -0.1) is 0 Å². The molecular formula is C17H19Cl2NO. The van der Waals surface area contributed by atoms with Crippen molar-refractivity contribution in [2.24, 2.45) is 0 Å². The fourth-order valence-corrected chi connectivity index (χ4v) is 2.51. The summed E-state index contributed by atoms with van der Waals surface area (Å²) in [5.41, 5.74) is 1.99. The summed E-state index contributed by atoms with van der Waals surface area (Å²) >= 11 is 12.0. The van der Waals surface area contributed by atoms with Crippen LogP contribution in [0.2, 0.25) is 10.0 Å². The second-order valence-electron chi connectivity index (χ2n) is 5.19. The van der Waals surface area contributed by atoms with Crippen LogP contribution in [-0.2, 0) is 6.54 Å². The Morgan fingerprint density at radius 2 is 1.71 bits per heavy atom. The molecule has 0 bridgehead atoms. The molecule has 0 heterocycles. The van der Waals surface area contributed by atoms with Crippen molar-refractivity contribution in [1.29, 1.82) is 0 Å². The van der Waals surface area contributed by atoms with E-state index in [2.05, 4.69) is 4.90 Å². The average Bonchev–Trinajstić information content (AvgIpc) is 2.48. The minimum Gasteiger partial charge on any atom is -0.388 e. The van der Waals surface area contributed by atoms with Crippen molar-refractivity contribution in [3.05, 3.63) is 69.7 Å². The Bertz CT molecular complexity index is 571. The van der Waals surface area contributed by atoms with Gasteiger partial charge in [0.1, 0.15) is 0 Å². The zero-order valence-electron chi connectivity index (χ0n) is 12.0. The van der Waals surface area contributed by atoms with Crippen molar-refractivity contribution in [2.75, 3.05) is 13.6 Å². The lowest BCUT2D eigenvalue weighted by molar-refractivity contribution is 0.147. The van der Waals surface area contributed by atoms with Crippen LogP contribution in [0.5, 0.6) is 0 Å². The van der Waals surface area contributed by atoms with Gasteiger partial charge in [0.2, 0.25) is 0 Å². The number of hydrogen-bond acceptors (Lipinski definition) is 2. The molecular weight excluding hydrogens is 305 g/mol. The number of benzene rings is 2. The van der Waals surface area contributed by atoms with Crippen LogP contribution in [0.4, 0.5) is 0 Å². The third kappa shape index (κ3) is 5.01. The van der Waals surface area contributed by atoms with Crippen LogP contribution in [0.3, 0.4) is 0 Å². The van der Waals surface area contributed by atoms with Gasteiger partial charge in [0.05, 0.1) is 6.10 Å². The maximum absolute atomic E-state index is 10.2. The van der Waals surface area contributed by atoms with Crippen LogP contribution in [0.1, 0.15) is 23.7 Å². The Morgan fingerprint density at radius 3 is 2.38 bits per heavy atom. The molecule has 0 aromatic heterocycles. The summed E-state index contributed by atoms with van der Waals surface area (Å²) < 4.78 is 0. The van der Waals surface area contributed by atoms with Gasteiger partial charge in [0.25, 0.3) is 0 Å². The van der Waals surface area contributed by atoms with Crippen molar-refractivity contribution in [2.45, 2.75) is 19.1 Å². The standard InChI is InChI=1S/C17H19Cl2NO/c1-20(12-14-4-2-3-5-16(14)19)11-10-17(21)13-6-8-15(18)9-7-13/h2-9,17,21H,10-12H2,1H3. The lowest BCUT2D eigenvalue weighted by Crippen LogP contribution is -2.21. The Labute approximate surface area is 135 Å². The number of hydrogen-bond donors (Lipinski definition) is 1. The largest absolute Gasteiger partial charge is 0.388 e. The Kier molecular flexibility index (Phi) is 6.07.